The smallest absolute Gasteiger partial charge is 0.309 e. The number of nitrogens with zero attached hydrogens (tertiary/aromatic N) is 1. The number of hydrogen-bond donors (Lipinski definition) is 2. The van der Waals surface area contributed by atoms with Gasteiger partial charge in [-0.15, -0.1) is 0 Å². The van der Waals surface area contributed by atoms with Gasteiger partial charge in [0.2, 0.25) is 5.91 Å². The van der Waals surface area contributed by atoms with Gasteiger partial charge in [0.25, 0.3) is 0 Å². The zero-order valence-electron chi connectivity index (χ0n) is 10.5. The fourth-order valence-electron chi connectivity index (χ4n) is 1.93. The molecule has 0 aromatic heterocycles. The largest absolute Gasteiger partial charge is 0.481 e. The zero-order valence-corrected chi connectivity index (χ0v) is 10.5. The van der Waals surface area contributed by atoms with Gasteiger partial charge < -0.3 is 15.1 Å². The molecule has 0 aromatic rings. The topological polar surface area (TPSA) is 77.8 Å². The Morgan fingerprint density at radius 2 is 1.82 bits per heavy atom. The van der Waals surface area contributed by atoms with Crippen molar-refractivity contribution in [2.24, 2.45) is 11.3 Å². The highest BCUT2D eigenvalue weighted by Gasteiger charge is 2.33. The summed E-state index contributed by atoms with van der Waals surface area (Å²) in [5.41, 5.74) is -1.01. The molecule has 1 rings (SSSR count). The lowest BCUT2D eigenvalue weighted by molar-refractivity contribution is -0.151. The Morgan fingerprint density at radius 1 is 1.29 bits per heavy atom. The number of aliphatic carboxylic acids is 1. The van der Waals surface area contributed by atoms with E-state index in [1.54, 1.807) is 18.7 Å². The van der Waals surface area contributed by atoms with E-state index in [2.05, 4.69) is 0 Å². The van der Waals surface area contributed by atoms with E-state index in [0.717, 1.165) is 12.8 Å². The average Bonchev–Trinajstić information content (AvgIpc) is 2.28. The first kappa shape index (κ1) is 14.0. The Kier molecular flexibility index (Phi) is 4.51. The van der Waals surface area contributed by atoms with Crippen molar-refractivity contribution in [3.8, 4) is 0 Å². The summed E-state index contributed by atoms with van der Waals surface area (Å²) < 4.78 is 0. The molecule has 17 heavy (non-hydrogen) atoms. The monoisotopic (exact) mass is 243 g/mol. The minimum atomic E-state index is -1.01. The average molecular weight is 243 g/mol. The summed E-state index contributed by atoms with van der Waals surface area (Å²) in [6, 6.07) is 0. The number of piperidine rings is 1. The molecule has 1 amide bonds. The van der Waals surface area contributed by atoms with E-state index in [-0.39, 0.29) is 24.9 Å². The summed E-state index contributed by atoms with van der Waals surface area (Å²) in [5, 5.41) is 18.0. The van der Waals surface area contributed by atoms with E-state index in [9.17, 15) is 9.59 Å². The maximum absolute atomic E-state index is 11.9. The van der Waals surface area contributed by atoms with Crippen molar-refractivity contribution >= 4 is 11.9 Å². The molecule has 0 saturated carbocycles. The molecule has 1 heterocycles. The van der Waals surface area contributed by atoms with Crippen molar-refractivity contribution in [3.05, 3.63) is 0 Å². The Labute approximate surface area is 101 Å². The molecule has 0 spiro atoms. The number of carbonyl (C=O) groups is 2. The highest BCUT2D eigenvalue weighted by atomic mass is 16.4. The maximum Gasteiger partial charge on any atom is 0.309 e. The fourth-order valence-corrected chi connectivity index (χ4v) is 1.93. The third-order valence-electron chi connectivity index (χ3n) is 3.40. The van der Waals surface area contributed by atoms with Crippen molar-refractivity contribution in [3.63, 3.8) is 0 Å². The van der Waals surface area contributed by atoms with Gasteiger partial charge in [-0.25, -0.2) is 0 Å². The van der Waals surface area contributed by atoms with Crippen molar-refractivity contribution in [1.82, 2.24) is 4.90 Å². The van der Waals surface area contributed by atoms with E-state index in [4.69, 9.17) is 10.2 Å². The van der Waals surface area contributed by atoms with Gasteiger partial charge in [0.1, 0.15) is 0 Å². The van der Waals surface area contributed by atoms with Crippen molar-refractivity contribution in [2.45, 2.75) is 33.1 Å². The summed E-state index contributed by atoms with van der Waals surface area (Å²) in [7, 11) is 0. The van der Waals surface area contributed by atoms with E-state index in [0.29, 0.717) is 13.1 Å². The molecule has 1 saturated heterocycles. The van der Waals surface area contributed by atoms with Crippen LogP contribution in [-0.4, -0.2) is 46.7 Å². The van der Waals surface area contributed by atoms with Crippen LogP contribution in [0.1, 0.15) is 33.1 Å². The number of likely N-dealkylation sites (tertiary alicyclic amines) is 1. The Morgan fingerprint density at radius 3 is 2.24 bits per heavy atom. The van der Waals surface area contributed by atoms with Gasteiger partial charge in [0.15, 0.2) is 0 Å². The number of hydrogen-bond acceptors (Lipinski definition) is 3. The van der Waals surface area contributed by atoms with Crippen LogP contribution in [0.2, 0.25) is 0 Å². The normalized spacial score (nSPS) is 18.2. The molecule has 5 nitrogen and oxygen atoms in total. The summed E-state index contributed by atoms with van der Waals surface area (Å²) in [6.07, 6.45) is 1.64. The highest BCUT2D eigenvalue weighted by molar-refractivity contribution is 5.84. The molecule has 0 unspecified atom stereocenters. The molecule has 0 aromatic carbocycles. The van der Waals surface area contributed by atoms with Gasteiger partial charge in [-0.3, -0.25) is 9.59 Å². The number of carboxylic acid groups (broad SMARTS) is 1. The van der Waals surface area contributed by atoms with E-state index >= 15 is 0 Å². The van der Waals surface area contributed by atoms with Crippen LogP contribution in [0, 0.1) is 11.3 Å². The van der Waals surface area contributed by atoms with Crippen LogP contribution in [0.3, 0.4) is 0 Å². The molecule has 0 bridgehead atoms. The third kappa shape index (κ3) is 3.70. The SMILES string of the molecule is CC(C)(CC(=O)N1CCC(CO)CC1)C(=O)O. The van der Waals surface area contributed by atoms with Crippen molar-refractivity contribution in [1.29, 1.82) is 0 Å². The molecule has 2 N–H and O–H groups in total. The van der Waals surface area contributed by atoms with Crippen molar-refractivity contribution in [2.75, 3.05) is 19.7 Å². The first-order chi connectivity index (χ1) is 7.86. The molecule has 1 aliphatic rings. The van der Waals surface area contributed by atoms with E-state index < -0.39 is 11.4 Å². The van der Waals surface area contributed by atoms with Crippen LogP contribution >= 0.6 is 0 Å². The second kappa shape index (κ2) is 5.49. The maximum atomic E-state index is 11.9. The zero-order chi connectivity index (χ0) is 13.1. The molecule has 98 valence electrons. The first-order valence-corrected chi connectivity index (χ1v) is 5.99. The van der Waals surface area contributed by atoms with Gasteiger partial charge in [0.05, 0.1) is 5.41 Å². The first-order valence-electron chi connectivity index (χ1n) is 5.99. The standard InChI is InChI=1S/C12H21NO4/c1-12(2,11(16)17)7-10(15)13-5-3-9(8-14)4-6-13/h9,14H,3-8H2,1-2H3,(H,16,17). The number of aliphatic hydroxyl groups is 1. The van der Waals surface area contributed by atoms with E-state index in [1.165, 1.54) is 0 Å². The molecular formula is C12H21NO4. The minimum Gasteiger partial charge on any atom is -0.481 e. The summed E-state index contributed by atoms with van der Waals surface area (Å²) in [5.74, 6) is -0.767. The van der Waals surface area contributed by atoms with Crippen LogP contribution in [0.15, 0.2) is 0 Å². The predicted octanol–water partition coefficient (Wildman–Crippen LogP) is 0.718. The lowest BCUT2D eigenvalue weighted by Gasteiger charge is -2.32. The number of carbonyl (C=O) groups excluding carboxylic acids is 1. The van der Waals surface area contributed by atoms with Gasteiger partial charge in [-0.2, -0.15) is 0 Å². The fraction of sp³-hybridized carbons (Fsp3) is 0.833. The quantitative estimate of drug-likeness (QED) is 0.762. The highest BCUT2D eigenvalue weighted by Crippen LogP contribution is 2.24. The Bertz CT molecular complexity index is 293. The Hall–Kier alpha value is -1.10. The number of aliphatic hydroxyl groups excluding tert-OH is 1. The van der Waals surface area contributed by atoms with Gasteiger partial charge in [0, 0.05) is 26.1 Å². The van der Waals surface area contributed by atoms with Gasteiger partial charge >= 0.3 is 5.97 Å². The molecule has 5 heteroatoms. The number of rotatable bonds is 4. The summed E-state index contributed by atoms with van der Waals surface area (Å²) in [4.78, 5) is 24.6. The van der Waals surface area contributed by atoms with Gasteiger partial charge in [-0.1, -0.05) is 0 Å². The lowest BCUT2D eigenvalue weighted by Crippen LogP contribution is -2.42. The van der Waals surface area contributed by atoms with Crippen LogP contribution < -0.4 is 0 Å². The predicted molar refractivity (Wildman–Crippen MR) is 62.4 cm³/mol. The molecule has 1 fully saturated rings. The van der Waals surface area contributed by atoms with Crippen LogP contribution in [0.5, 0.6) is 0 Å². The number of amides is 1. The number of carboxylic acids is 1. The molecule has 1 aliphatic heterocycles. The Balaban J connectivity index is 2.47. The second-order valence-corrected chi connectivity index (χ2v) is 5.37. The molecular weight excluding hydrogens is 222 g/mol. The lowest BCUT2D eigenvalue weighted by atomic mass is 9.88. The van der Waals surface area contributed by atoms with Crippen LogP contribution in [0.25, 0.3) is 0 Å². The molecule has 0 aliphatic carbocycles. The molecule has 0 radical (unpaired) electrons. The van der Waals surface area contributed by atoms with Crippen LogP contribution in [0.4, 0.5) is 0 Å². The molecule has 0 atom stereocenters. The summed E-state index contributed by atoms with van der Waals surface area (Å²) >= 11 is 0. The van der Waals surface area contributed by atoms with E-state index in [1.807, 2.05) is 0 Å². The summed E-state index contributed by atoms with van der Waals surface area (Å²) in [6.45, 7) is 4.55. The second-order valence-electron chi connectivity index (χ2n) is 5.37. The third-order valence-corrected chi connectivity index (χ3v) is 3.40. The van der Waals surface area contributed by atoms with Crippen LogP contribution in [-0.2, 0) is 9.59 Å². The van der Waals surface area contributed by atoms with Crippen molar-refractivity contribution < 1.29 is 19.8 Å². The minimum absolute atomic E-state index is 0.0339. The van der Waals surface area contributed by atoms with Gasteiger partial charge in [-0.05, 0) is 32.6 Å².